The maximum Gasteiger partial charge on any atom is 0.119 e. The second-order valence-corrected chi connectivity index (χ2v) is 5.25. The van der Waals surface area contributed by atoms with Crippen LogP contribution in [0.15, 0.2) is 18.2 Å². The third-order valence-electron chi connectivity index (χ3n) is 3.70. The van der Waals surface area contributed by atoms with Crippen LogP contribution in [0, 0.1) is 0 Å². The Morgan fingerprint density at radius 1 is 1.44 bits per heavy atom. The largest absolute Gasteiger partial charge is 0.497 e. The zero-order valence-electron chi connectivity index (χ0n) is 11.9. The summed E-state index contributed by atoms with van der Waals surface area (Å²) >= 11 is 0. The third-order valence-corrected chi connectivity index (χ3v) is 3.70. The Kier molecular flexibility index (Phi) is 4.12. The van der Waals surface area contributed by atoms with E-state index in [4.69, 9.17) is 4.74 Å². The van der Waals surface area contributed by atoms with Crippen molar-refractivity contribution in [1.29, 1.82) is 0 Å². The predicted octanol–water partition coefficient (Wildman–Crippen LogP) is 2.44. The van der Waals surface area contributed by atoms with Crippen molar-refractivity contribution in [2.45, 2.75) is 38.8 Å². The van der Waals surface area contributed by atoms with Crippen molar-refractivity contribution in [2.75, 3.05) is 25.6 Å². The first-order valence-electron chi connectivity index (χ1n) is 6.77. The quantitative estimate of drug-likeness (QED) is 0.866. The molecule has 0 bridgehead atoms. The Morgan fingerprint density at radius 3 is 2.83 bits per heavy atom. The van der Waals surface area contributed by atoms with Gasteiger partial charge in [-0.15, -0.1) is 0 Å². The summed E-state index contributed by atoms with van der Waals surface area (Å²) < 4.78 is 5.32. The fraction of sp³-hybridized carbons (Fsp3) is 0.600. The molecule has 0 aliphatic carbocycles. The Morgan fingerprint density at radius 2 is 2.22 bits per heavy atom. The van der Waals surface area contributed by atoms with E-state index >= 15 is 0 Å². The highest BCUT2D eigenvalue weighted by Gasteiger charge is 2.30. The molecule has 1 unspecified atom stereocenters. The third kappa shape index (κ3) is 2.46. The number of nitrogens with zero attached hydrogens (tertiary/aromatic N) is 1. The van der Waals surface area contributed by atoms with Gasteiger partial charge in [0.15, 0.2) is 0 Å². The zero-order chi connectivity index (χ0) is 13.1. The van der Waals surface area contributed by atoms with E-state index in [1.165, 1.54) is 17.7 Å². The van der Waals surface area contributed by atoms with Gasteiger partial charge in [0.25, 0.3) is 0 Å². The summed E-state index contributed by atoms with van der Waals surface area (Å²) in [6.45, 7) is 5.61. The number of rotatable bonds is 5. The van der Waals surface area contributed by atoms with Gasteiger partial charge in [-0.1, -0.05) is 0 Å². The molecule has 1 aliphatic rings. The molecule has 18 heavy (non-hydrogen) atoms. The van der Waals surface area contributed by atoms with E-state index in [0.29, 0.717) is 12.1 Å². The lowest BCUT2D eigenvalue weighted by Gasteiger charge is -2.31. The lowest BCUT2D eigenvalue weighted by atomic mass is 10.1. The minimum Gasteiger partial charge on any atom is -0.497 e. The first-order chi connectivity index (χ1) is 8.67. The summed E-state index contributed by atoms with van der Waals surface area (Å²) in [6.07, 6.45) is 2.32. The molecule has 0 fully saturated rings. The molecule has 1 heterocycles. The summed E-state index contributed by atoms with van der Waals surface area (Å²) in [5.74, 6) is 0.965. The van der Waals surface area contributed by atoms with Gasteiger partial charge in [-0.3, -0.25) is 0 Å². The summed E-state index contributed by atoms with van der Waals surface area (Å²) in [7, 11) is 3.75. The monoisotopic (exact) mass is 248 g/mol. The zero-order valence-corrected chi connectivity index (χ0v) is 11.9. The highest BCUT2D eigenvalue weighted by Crippen LogP contribution is 2.37. The minimum absolute atomic E-state index is 0.543. The summed E-state index contributed by atoms with van der Waals surface area (Å²) in [5.41, 5.74) is 2.80. The summed E-state index contributed by atoms with van der Waals surface area (Å²) in [4.78, 5) is 2.55. The maximum atomic E-state index is 5.32. The summed E-state index contributed by atoms with van der Waals surface area (Å²) in [6, 6.07) is 7.60. The molecule has 2 rings (SSSR count). The molecule has 1 aliphatic heterocycles. The highest BCUT2D eigenvalue weighted by atomic mass is 16.5. The van der Waals surface area contributed by atoms with Gasteiger partial charge in [0, 0.05) is 17.8 Å². The van der Waals surface area contributed by atoms with Crippen LogP contribution in [-0.4, -0.2) is 32.8 Å². The van der Waals surface area contributed by atoms with Crippen LogP contribution in [0.4, 0.5) is 5.69 Å². The number of ether oxygens (including phenoxy) is 1. The van der Waals surface area contributed by atoms with Crippen molar-refractivity contribution < 1.29 is 4.74 Å². The molecule has 1 aromatic carbocycles. The minimum atomic E-state index is 0.543. The standard InChI is InChI=1S/C15H24N2O/c1-11(2)17-13(7-8-16-3)9-12-10-14(18-4)5-6-15(12)17/h5-6,10-11,13,16H,7-9H2,1-4H3. The van der Waals surface area contributed by atoms with Crippen molar-refractivity contribution in [2.24, 2.45) is 0 Å². The molecule has 0 saturated heterocycles. The van der Waals surface area contributed by atoms with Gasteiger partial charge in [-0.2, -0.15) is 0 Å². The van der Waals surface area contributed by atoms with Gasteiger partial charge in [0.2, 0.25) is 0 Å². The number of hydrogen-bond donors (Lipinski definition) is 1. The van der Waals surface area contributed by atoms with Gasteiger partial charge in [0.1, 0.15) is 5.75 Å². The number of anilines is 1. The van der Waals surface area contributed by atoms with Crippen molar-refractivity contribution in [1.82, 2.24) is 5.32 Å². The van der Waals surface area contributed by atoms with E-state index in [2.05, 4.69) is 42.3 Å². The van der Waals surface area contributed by atoms with Crippen LogP contribution in [0.5, 0.6) is 5.75 Å². The molecule has 0 saturated carbocycles. The molecule has 1 atom stereocenters. The molecule has 0 radical (unpaired) electrons. The Hall–Kier alpha value is -1.22. The van der Waals surface area contributed by atoms with Crippen molar-refractivity contribution in [3.63, 3.8) is 0 Å². The van der Waals surface area contributed by atoms with Crippen molar-refractivity contribution >= 4 is 5.69 Å². The van der Waals surface area contributed by atoms with Crippen LogP contribution >= 0.6 is 0 Å². The van der Waals surface area contributed by atoms with E-state index < -0.39 is 0 Å². The average molecular weight is 248 g/mol. The number of nitrogens with one attached hydrogen (secondary N) is 1. The number of hydrogen-bond acceptors (Lipinski definition) is 3. The van der Waals surface area contributed by atoms with E-state index in [-0.39, 0.29) is 0 Å². The van der Waals surface area contributed by atoms with Gasteiger partial charge < -0.3 is 15.0 Å². The second kappa shape index (κ2) is 5.61. The number of benzene rings is 1. The fourth-order valence-corrected chi connectivity index (χ4v) is 2.91. The fourth-order valence-electron chi connectivity index (χ4n) is 2.91. The Labute approximate surface area is 110 Å². The molecule has 3 nitrogen and oxygen atoms in total. The highest BCUT2D eigenvalue weighted by molar-refractivity contribution is 5.62. The van der Waals surface area contributed by atoms with Crippen molar-refractivity contribution in [3.05, 3.63) is 23.8 Å². The molecule has 3 heteroatoms. The van der Waals surface area contributed by atoms with Gasteiger partial charge in [-0.05, 0) is 64.0 Å². The normalized spacial score (nSPS) is 18.3. The van der Waals surface area contributed by atoms with Crippen molar-refractivity contribution in [3.8, 4) is 5.75 Å². The average Bonchev–Trinajstić information content (AvgIpc) is 2.73. The Balaban J connectivity index is 2.24. The van der Waals surface area contributed by atoms with Crippen LogP contribution in [0.2, 0.25) is 0 Å². The summed E-state index contributed by atoms with van der Waals surface area (Å²) in [5, 5.41) is 3.25. The van der Waals surface area contributed by atoms with E-state index in [9.17, 15) is 0 Å². The van der Waals surface area contributed by atoms with Crippen LogP contribution < -0.4 is 15.0 Å². The molecule has 1 aromatic rings. The van der Waals surface area contributed by atoms with Gasteiger partial charge >= 0.3 is 0 Å². The molecule has 100 valence electrons. The Bertz CT molecular complexity index is 403. The molecule has 0 amide bonds. The lowest BCUT2D eigenvalue weighted by Crippen LogP contribution is -2.39. The molecule has 1 N–H and O–H groups in total. The van der Waals surface area contributed by atoms with Gasteiger partial charge in [-0.25, -0.2) is 0 Å². The first kappa shape index (κ1) is 13.2. The van der Waals surface area contributed by atoms with Crippen LogP contribution in [0.25, 0.3) is 0 Å². The molecule has 0 aromatic heterocycles. The lowest BCUT2D eigenvalue weighted by molar-refractivity contribution is 0.414. The van der Waals surface area contributed by atoms with E-state index in [1.54, 1.807) is 7.11 Å². The van der Waals surface area contributed by atoms with E-state index in [1.807, 2.05) is 7.05 Å². The number of fused-ring (bicyclic) bond motifs is 1. The van der Waals surface area contributed by atoms with Crippen LogP contribution in [0.3, 0.4) is 0 Å². The molecular weight excluding hydrogens is 224 g/mol. The number of methoxy groups -OCH3 is 1. The van der Waals surface area contributed by atoms with Gasteiger partial charge in [0.05, 0.1) is 7.11 Å². The van der Waals surface area contributed by atoms with Crippen LogP contribution in [-0.2, 0) is 6.42 Å². The predicted molar refractivity (Wildman–Crippen MR) is 76.6 cm³/mol. The first-order valence-corrected chi connectivity index (χ1v) is 6.77. The SMILES string of the molecule is CNCCC1Cc2cc(OC)ccc2N1C(C)C. The molecular formula is C15H24N2O. The smallest absolute Gasteiger partial charge is 0.119 e. The van der Waals surface area contributed by atoms with E-state index in [0.717, 1.165) is 18.7 Å². The molecule has 0 spiro atoms. The topological polar surface area (TPSA) is 24.5 Å². The second-order valence-electron chi connectivity index (χ2n) is 5.25. The maximum absolute atomic E-state index is 5.32. The van der Waals surface area contributed by atoms with Crippen LogP contribution in [0.1, 0.15) is 25.8 Å².